The van der Waals surface area contributed by atoms with Crippen LogP contribution in [0.2, 0.25) is 5.22 Å². The van der Waals surface area contributed by atoms with Crippen LogP contribution in [-0.2, 0) is 6.42 Å². The molecule has 0 saturated heterocycles. The zero-order valence-corrected chi connectivity index (χ0v) is 10.6. The third-order valence-corrected chi connectivity index (χ3v) is 2.93. The number of amides is 1. The Bertz CT molecular complexity index is 508. The maximum atomic E-state index is 11.7. The number of hydrogen-bond acceptors (Lipinski definition) is 2. The lowest BCUT2D eigenvalue weighted by Gasteiger charge is -2.04. The van der Waals surface area contributed by atoms with E-state index in [9.17, 15) is 4.79 Å². The number of benzene rings is 1. The van der Waals surface area contributed by atoms with E-state index >= 15 is 0 Å². The molecule has 1 heterocycles. The summed E-state index contributed by atoms with van der Waals surface area (Å²) in [6.07, 6.45) is 3.24. The minimum atomic E-state index is -0.193. The van der Waals surface area contributed by atoms with Crippen molar-refractivity contribution in [3.05, 3.63) is 59.0 Å². The zero-order valence-electron chi connectivity index (χ0n) is 9.86. The number of aryl methyl sites for hydroxylation is 1. The van der Waals surface area contributed by atoms with Crippen LogP contribution >= 0.6 is 11.6 Å². The number of hydrogen-bond donors (Lipinski definition) is 1. The van der Waals surface area contributed by atoms with Crippen LogP contribution in [0.5, 0.6) is 0 Å². The molecule has 0 aliphatic heterocycles. The summed E-state index contributed by atoms with van der Waals surface area (Å²) in [5, 5.41) is 2.95. The first-order chi connectivity index (χ1) is 8.77. The molecule has 2 aromatic rings. The van der Waals surface area contributed by atoms with Crippen molar-refractivity contribution >= 4 is 17.5 Å². The molecule has 1 aromatic heterocycles. The second-order valence-corrected chi connectivity index (χ2v) is 4.30. The van der Waals surface area contributed by atoms with Gasteiger partial charge in [0.05, 0.1) is 11.8 Å². The highest BCUT2D eigenvalue weighted by Gasteiger charge is 2.11. The molecule has 0 atom stereocenters. The molecule has 1 amide bonds. The highest BCUT2D eigenvalue weighted by Crippen LogP contribution is 2.16. The summed E-state index contributed by atoms with van der Waals surface area (Å²) in [5.74, 6) is -0.193. The van der Waals surface area contributed by atoms with Crippen molar-refractivity contribution in [3.8, 4) is 0 Å². The van der Waals surface area contributed by atoms with E-state index in [4.69, 9.17) is 16.0 Å². The Labute approximate surface area is 111 Å². The smallest absolute Gasteiger partial charge is 0.256 e. The van der Waals surface area contributed by atoms with Crippen molar-refractivity contribution in [2.24, 2.45) is 0 Å². The van der Waals surface area contributed by atoms with Crippen LogP contribution in [0.15, 0.2) is 47.1 Å². The monoisotopic (exact) mass is 263 g/mol. The molecule has 0 fully saturated rings. The number of carbonyl (C=O) groups is 1. The second-order valence-electron chi connectivity index (χ2n) is 3.95. The average Bonchev–Trinajstić information content (AvgIpc) is 2.82. The van der Waals surface area contributed by atoms with Crippen LogP contribution in [0.3, 0.4) is 0 Å². The van der Waals surface area contributed by atoms with E-state index in [2.05, 4.69) is 17.4 Å². The molecular formula is C14H14ClNO2. The van der Waals surface area contributed by atoms with Crippen molar-refractivity contribution in [2.75, 3.05) is 6.54 Å². The third-order valence-electron chi connectivity index (χ3n) is 2.63. The summed E-state index contributed by atoms with van der Waals surface area (Å²) in [4.78, 5) is 11.7. The van der Waals surface area contributed by atoms with E-state index in [1.54, 1.807) is 6.07 Å². The van der Waals surface area contributed by atoms with Gasteiger partial charge in [-0.3, -0.25) is 4.79 Å². The van der Waals surface area contributed by atoms with Crippen molar-refractivity contribution in [1.82, 2.24) is 5.32 Å². The topological polar surface area (TPSA) is 42.2 Å². The fourth-order valence-electron chi connectivity index (χ4n) is 1.69. The van der Waals surface area contributed by atoms with E-state index in [1.165, 1.54) is 11.8 Å². The highest BCUT2D eigenvalue weighted by molar-refractivity contribution is 6.32. The molecular weight excluding hydrogens is 250 g/mol. The average molecular weight is 264 g/mol. The second kappa shape index (κ2) is 6.26. The molecule has 0 spiro atoms. The number of furan rings is 1. The molecule has 0 unspecified atom stereocenters. The molecule has 0 aliphatic rings. The first kappa shape index (κ1) is 12.7. The molecule has 0 radical (unpaired) electrons. The van der Waals surface area contributed by atoms with Gasteiger partial charge < -0.3 is 9.73 Å². The predicted molar refractivity (Wildman–Crippen MR) is 70.8 cm³/mol. The van der Waals surface area contributed by atoms with Crippen LogP contribution in [0.25, 0.3) is 0 Å². The third kappa shape index (κ3) is 3.37. The molecule has 0 aliphatic carbocycles. The Kier molecular flexibility index (Phi) is 4.42. The molecule has 1 N–H and O–H groups in total. The van der Waals surface area contributed by atoms with Crippen LogP contribution in [-0.4, -0.2) is 12.5 Å². The lowest BCUT2D eigenvalue weighted by Crippen LogP contribution is -2.24. The van der Waals surface area contributed by atoms with E-state index in [0.717, 1.165) is 12.8 Å². The number of nitrogens with one attached hydrogen (secondary N) is 1. The summed E-state index contributed by atoms with van der Waals surface area (Å²) in [7, 11) is 0. The summed E-state index contributed by atoms with van der Waals surface area (Å²) >= 11 is 5.72. The number of carbonyl (C=O) groups excluding carboxylic acids is 1. The molecule has 4 heteroatoms. The van der Waals surface area contributed by atoms with Gasteiger partial charge in [0.15, 0.2) is 0 Å². The number of rotatable bonds is 5. The predicted octanol–water partition coefficient (Wildman–Crippen LogP) is 3.30. The molecule has 3 nitrogen and oxygen atoms in total. The Balaban J connectivity index is 1.73. The Morgan fingerprint density at radius 3 is 2.67 bits per heavy atom. The zero-order chi connectivity index (χ0) is 12.8. The summed E-state index contributed by atoms with van der Waals surface area (Å²) in [5.41, 5.74) is 1.66. The first-order valence-electron chi connectivity index (χ1n) is 5.82. The van der Waals surface area contributed by atoms with Crippen LogP contribution in [0.4, 0.5) is 0 Å². The van der Waals surface area contributed by atoms with Gasteiger partial charge in [-0.15, -0.1) is 0 Å². The molecule has 1 aromatic carbocycles. The lowest BCUT2D eigenvalue weighted by atomic mass is 10.1. The maximum Gasteiger partial charge on any atom is 0.256 e. The fourth-order valence-corrected chi connectivity index (χ4v) is 1.89. The normalized spacial score (nSPS) is 10.3. The summed E-state index contributed by atoms with van der Waals surface area (Å²) < 4.78 is 4.87. The van der Waals surface area contributed by atoms with Crippen LogP contribution in [0, 0.1) is 0 Å². The molecule has 94 valence electrons. The van der Waals surface area contributed by atoms with Gasteiger partial charge in [-0.05, 0) is 36.1 Å². The van der Waals surface area contributed by atoms with Gasteiger partial charge in [0.1, 0.15) is 0 Å². The van der Waals surface area contributed by atoms with E-state index in [1.807, 2.05) is 18.2 Å². The number of halogens is 1. The largest absolute Gasteiger partial charge is 0.452 e. The van der Waals surface area contributed by atoms with Gasteiger partial charge >= 0.3 is 0 Å². The lowest BCUT2D eigenvalue weighted by molar-refractivity contribution is 0.0953. The Morgan fingerprint density at radius 1 is 1.22 bits per heavy atom. The highest BCUT2D eigenvalue weighted by atomic mass is 35.5. The Hall–Kier alpha value is -1.74. The molecule has 0 saturated carbocycles. The minimum absolute atomic E-state index is 0.135. The van der Waals surface area contributed by atoms with Crippen molar-refractivity contribution < 1.29 is 9.21 Å². The molecule has 0 bridgehead atoms. The van der Waals surface area contributed by atoms with Gasteiger partial charge in [0, 0.05) is 6.54 Å². The van der Waals surface area contributed by atoms with E-state index in [-0.39, 0.29) is 11.1 Å². The van der Waals surface area contributed by atoms with Gasteiger partial charge in [0.25, 0.3) is 5.91 Å². The molecule has 2 rings (SSSR count). The van der Waals surface area contributed by atoms with Crippen molar-refractivity contribution in [1.29, 1.82) is 0 Å². The van der Waals surface area contributed by atoms with Gasteiger partial charge in [-0.1, -0.05) is 30.3 Å². The van der Waals surface area contributed by atoms with Crippen molar-refractivity contribution in [3.63, 3.8) is 0 Å². The van der Waals surface area contributed by atoms with Crippen molar-refractivity contribution in [2.45, 2.75) is 12.8 Å². The van der Waals surface area contributed by atoms with Crippen LogP contribution in [0.1, 0.15) is 22.3 Å². The Morgan fingerprint density at radius 2 is 2.00 bits per heavy atom. The SMILES string of the molecule is O=C(NCCCc1ccccc1)c1ccoc1Cl. The fraction of sp³-hybridized carbons (Fsp3) is 0.214. The van der Waals surface area contributed by atoms with Gasteiger partial charge in [-0.2, -0.15) is 0 Å². The standard InChI is InChI=1S/C14H14ClNO2/c15-13-12(8-10-18-13)14(17)16-9-4-7-11-5-2-1-3-6-11/h1-3,5-6,8,10H,4,7,9H2,(H,16,17). The minimum Gasteiger partial charge on any atom is -0.452 e. The maximum absolute atomic E-state index is 11.7. The summed E-state index contributed by atoms with van der Waals surface area (Å²) in [6.45, 7) is 0.620. The van der Waals surface area contributed by atoms with Crippen LogP contribution < -0.4 is 5.32 Å². The quantitative estimate of drug-likeness (QED) is 0.841. The van der Waals surface area contributed by atoms with E-state index < -0.39 is 0 Å². The summed E-state index contributed by atoms with van der Waals surface area (Å²) in [6, 6.07) is 11.7. The molecule has 18 heavy (non-hydrogen) atoms. The first-order valence-corrected chi connectivity index (χ1v) is 6.20. The van der Waals surface area contributed by atoms with Gasteiger partial charge in [0.2, 0.25) is 5.22 Å². The van der Waals surface area contributed by atoms with E-state index in [0.29, 0.717) is 12.1 Å². The van der Waals surface area contributed by atoms with Gasteiger partial charge in [-0.25, -0.2) is 0 Å².